The minimum absolute atomic E-state index is 0.0179. The first-order valence-corrected chi connectivity index (χ1v) is 15.4. The molecule has 2 spiro atoms. The summed E-state index contributed by atoms with van der Waals surface area (Å²) >= 11 is 1.99. The van der Waals surface area contributed by atoms with Gasteiger partial charge in [0.2, 0.25) is 0 Å². The molecule has 2 heterocycles. The summed E-state index contributed by atoms with van der Waals surface area (Å²) in [6.07, 6.45) is 7.06. The Hall–Kier alpha value is -0.790. The number of hydrogen-bond acceptors (Lipinski definition) is 6. The zero-order chi connectivity index (χ0) is 26.0. The highest BCUT2D eigenvalue weighted by Gasteiger charge is 2.72. The Morgan fingerprint density at radius 1 is 1.00 bits per heavy atom. The molecule has 2 aliphatic heterocycles. The van der Waals surface area contributed by atoms with Gasteiger partial charge < -0.3 is 24.6 Å². The SMILES string of the molecule is CN(C)c1ccc2c(c1)S[C@]13CCC4(C[C@]1(O)CC[C@@H]1C3[C@@H]2C[C@]2(C)[C@@H](O)CC[C@@H]12)OCC(C)(C)CO4. The second kappa shape index (κ2) is 7.90. The average molecular weight is 528 g/mol. The number of hydrogen-bond donors (Lipinski definition) is 2. The van der Waals surface area contributed by atoms with Crippen LogP contribution in [0.1, 0.15) is 83.6 Å². The minimum Gasteiger partial charge on any atom is -0.393 e. The first kappa shape index (κ1) is 25.2. The predicted molar refractivity (Wildman–Crippen MR) is 147 cm³/mol. The zero-order valence-electron chi connectivity index (χ0n) is 23.3. The molecule has 37 heavy (non-hydrogen) atoms. The van der Waals surface area contributed by atoms with Crippen LogP contribution in [0.5, 0.6) is 0 Å². The van der Waals surface area contributed by atoms with E-state index in [1.54, 1.807) is 0 Å². The van der Waals surface area contributed by atoms with E-state index in [1.165, 1.54) is 16.1 Å². The van der Waals surface area contributed by atoms with Gasteiger partial charge in [-0.15, -0.1) is 11.8 Å². The summed E-state index contributed by atoms with van der Waals surface area (Å²) in [5.41, 5.74) is 1.83. The molecule has 1 unspecified atom stereocenters. The van der Waals surface area contributed by atoms with Gasteiger partial charge in [-0.1, -0.05) is 26.8 Å². The van der Waals surface area contributed by atoms with E-state index in [-0.39, 0.29) is 21.7 Å². The Morgan fingerprint density at radius 2 is 1.76 bits per heavy atom. The number of fused-ring (bicyclic) bond motifs is 4. The number of benzene rings is 1. The Balaban J connectivity index is 1.34. The Labute approximate surface area is 226 Å². The van der Waals surface area contributed by atoms with Crippen LogP contribution in [0.15, 0.2) is 23.1 Å². The van der Waals surface area contributed by atoms with Gasteiger partial charge in [0.05, 0.1) is 29.7 Å². The molecule has 6 aliphatic rings. The smallest absolute Gasteiger partial charge is 0.171 e. The van der Waals surface area contributed by atoms with Crippen molar-refractivity contribution in [3.05, 3.63) is 23.8 Å². The molecule has 5 nitrogen and oxygen atoms in total. The van der Waals surface area contributed by atoms with E-state index >= 15 is 0 Å². The van der Waals surface area contributed by atoms with Crippen molar-refractivity contribution in [2.75, 3.05) is 32.2 Å². The highest BCUT2D eigenvalue weighted by Crippen LogP contribution is 2.75. The lowest BCUT2D eigenvalue weighted by Gasteiger charge is -2.69. The summed E-state index contributed by atoms with van der Waals surface area (Å²) in [4.78, 5) is 3.52. The maximum Gasteiger partial charge on any atom is 0.171 e. The molecule has 4 saturated carbocycles. The van der Waals surface area contributed by atoms with Crippen molar-refractivity contribution in [1.82, 2.24) is 0 Å². The van der Waals surface area contributed by atoms with Gasteiger partial charge in [-0.05, 0) is 85.3 Å². The van der Waals surface area contributed by atoms with Crippen molar-refractivity contribution in [2.45, 2.75) is 105 Å². The molecule has 1 aromatic rings. The monoisotopic (exact) mass is 527 g/mol. The Morgan fingerprint density at radius 3 is 2.49 bits per heavy atom. The second-order valence-electron chi connectivity index (χ2n) is 14.7. The normalized spacial score (nSPS) is 46.9. The number of anilines is 1. The molecule has 1 aromatic carbocycles. The van der Waals surface area contributed by atoms with Gasteiger partial charge in [0, 0.05) is 42.9 Å². The molecule has 2 N–H and O–H groups in total. The van der Waals surface area contributed by atoms with Crippen molar-refractivity contribution < 1.29 is 19.7 Å². The van der Waals surface area contributed by atoms with Crippen LogP contribution >= 0.6 is 11.8 Å². The minimum atomic E-state index is -0.826. The predicted octanol–water partition coefficient (Wildman–Crippen LogP) is 5.57. The lowest BCUT2D eigenvalue weighted by molar-refractivity contribution is -0.338. The van der Waals surface area contributed by atoms with Crippen molar-refractivity contribution in [3.8, 4) is 0 Å². The zero-order valence-corrected chi connectivity index (χ0v) is 24.1. The number of aliphatic hydroxyl groups is 2. The average Bonchev–Trinajstić information content (AvgIpc) is 3.15. The van der Waals surface area contributed by atoms with E-state index < -0.39 is 11.4 Å². The fourth-order valence-corrected chi connectivity index (χ4v) is 11.8. The Kier molecular flexibility index (Phi) is 5.38. The standard InChI is InChI=1S/C31H45NO4S/c1-27(2)17-35-30(36-18-27)12-13-31-26-21(10-11-29(31,34)16-30)23-8-9-25(33)28(23,3)15-22(26)20-7-6-19(32(4)5)14-24(20)37-31/h6-7,14,21-23,25-26,33-34H,8-13,15-18H2,1-5H3/t21-,22+,23-,25-,26?,28-,29+,31-/m0/s1. The van der Waals surface area contributed by atoms with Gasteiger partial charge in [0.25, 0.3) is 0 Å². The summed E-state index contributed by atoms with van der Waals surface area (Å²) in [5.74, 6) is 1.25. The van der Waals surface area contributed by atoms with Crippen molar-refractivity contribution >= 4 is 17.4 Å². The molecule has 5 fully saturated rings. The third-order valence-electron chi connectivity index (χ3n) is 11.7. The molecule has 0 bridgehead atoms. The van der Waals surface area contributed by atoms with Crippen LogP contribution in [0.2, 0.25) is 0 Å². The van der Waals surface area contributed by atoms with Crippen LogP contribution in [0.25, 0.3) is 0 Å². The number of aliphatic hydroxyl groups excluding tert-OH is 1. The van der Waals surface area contributed by atoms with Crippen LogP contribution in [-0.4, -0.2) is 59.8 Å². The first-order valence-electron chi connectivity index (χ1n) is 14.6. The van der Waals surface area contributed by atoms with Crippen molar-refractivity contribution in [1.29, 1.82) is 0 Å². The van der Waals surface area contributed by atoms with Gasteiger partial charge in [0.15, 0.2) is 5.79 Å². The summed E-state index contributed by atoms with van der Waals surface area (Å²) in [7, 11) is 4.21. The molecule has 204 valence electrons. The lowest BCUT2D eigenvalue weighted by atomic mass is 9.44. The summed E-state index contributed by atoms with van der Waals surface area (Å²) in [5, 5.41) is 24.0. The first-order chi connectivity index (χ1) is 17.4. The third-order valence-corrected chi connectivity index (χ3v) is 13.5. The highest BCUT2D eigenvalue weighted by atomic mass is 32.2. The lowest BCUT2D eigenvalue weighted by Crippen LogP contribution is -2.72. The van der Waals surface area contributed by atoms with Gasteiger partial charge in [0.1, 0.15) is 0 Å². The van der Waals surface area contributed by atoms with E-state index in [1.807, 2.05) is 11.8 Å². The number of nitrogens with zero attached hydrogens (tertiary/aromatic N) is 1. The molecule has 0 aromatic heterocycles. The van der Waals surface area contributed by atoms with Gasteiger partial charge in [-0.25, -0.2) is 0 Å². The van der Waals surface area contributed by atoms with E-state index in [0.717, 1.165) is 44.9 Å². The fourth-order valence-electron chi connectivity index (χ4n) is 9.80. The summed E-state index contributed by atoms with van der Waals surface area (Å²) < 4.78 is 12.8. The van der Waals surface area contributed by atoms with E-state index in [0.29, 0.717) is 43.3 Å². The molecular weight excluding hydrogens is 482 g/mol. The number of ether oxygens (including phenoxy) is 2. The molecule has 7 rings (SSSR count). The Bertz CT molecular complexity index is 1100. The van der Waals surface area contributed by atoms with E-state index in [4.69, 9.17) is 9.47 Å². The van der Waals surface area contributed by atoms with Crippen LogP contribution in [-0.2, 0) is 9.47 Å². The second-order valence-corrected chi connectivity index (χ2v) is 16.1. The fraction of sp³-hybridized carbons (Fsp3) is 0.806. The van der Waals surface area contributed by atoms with Gasteiger partial charge >= 0.3 is 0 Å². The van der Waals surface area contributed by atoms with E-state index in [2.05, 4.69) is 58.0 Å². The highest BCUT2D eigenvalue weighted by molar-refractivity contribution is 8.01. The molecule has 8 atom stereocenters. The third kappa shape index (κ3) is 3.38. The topological polar surface area (TPSA) is 62.2 Å². The summed E-state index contributed by atoms with van der Waals surface area (Å²) in [6, 6.07) is 6.99. The largest absolute Gasteiger partial charge is 0.393 e. The van der Waals surface area contributed by atoms with Gasteiger partial charge in [-0.2, -0.15) is 0 Å². The van der Waals surface area contributed by atoms with Crippen LogP contribution < -0.4 is 4.90 Å². The van der Waals surface area contributed by atoms with Gasteiger partial charge in [-0.3, -0.25) is 0 Å². The molecule has 6 heteroatoms. The van der Waals surface area contributed by atoms with Crippen LogP contribution in [0.4, 0.5) is 5.69 Å². The maximum atomic E-state index is 12.8. The number of rotatable bonds is 1. The molecule has 4 aliphatic carbocycles. The molecule has 1 saturated heterocycles. The maximum absolute atomic E-state index is 12.8. The molecular formula is C31H45NO4S. The van der Waals surface area contributed by atoms with Crippen LogP contribution in [0, 0.1) is 28.6 Å². The quantitative estimate of drug-likeness (QED) is 0.498. The molecule has 0 radical (unpaired) electrons. The molecule has 0 amide bonds. The van der Waals surface area contributed by atoms with Crippen molar-refractivity contribution in [3.63, 3.8) is 0 Å². The van der Waals surface area contributed by atoms with Crippen LogP contribution in [0.3, 0.4) is 0 Å². The van der Waals surface area contributed by atoms with Crippen molar-refractivity contribution in [2.24, 2.45) is 28.6 Å². The van der Waals surface area contributed by atoms with E-state index in [9.17, 15) is 10.2 Å². The number of thioether (sulfide) groups is 1. The summed E-state index contributed by atoms with van der Waals surface area (Å²) in [6.45, 7) is 8.13.